The average Bonchev–Trinajstić information content (AvgIpc) is 3.02. The topological polar surface area (TPSA) is 87.2 Å². The van der Waals surface area contributed by atoms with Gasteiger partial charge in [-0.1, -0.05) is 13.0 Å². The molecule has 22 heavy (non-hydrogen) atoms. The van der Waals surface area contributed by atoms with Crippen molar-refractivity contribution < 1.29 is 9.59 Å². The van der Waals surface area contributed by atoms with E-state index in [1.165, 1.54) is 0 Å². The second-order valence-corrected chi connectivity index (χ2v) is 5.77. The first-order valence-corrected chi connectivity index (χ1v) is 8.17. The lowest BCUT2D eigenvalue weighted by atomic mass is 10.2. The SMILES string of the molecule is CC/C=C(\C)C(=O)N1CSCC1C(=O)NNc1ncccn1. The summed E-state index contributed by atoms with van der Waals surface area (Å²) in [4.78, 5) is 34.1. The number of thioether (sulfide) groups is 1. The van der Waals surface area contributed by atoms with Crippen molar-refractivity contribution in [2.75, 3.05) is 17.1 Å². The molecule has 2 rings (SSSR count). The van der Waals surface area contributed by atoms with Gasteiger partial charge in [0.05, 0.1) is 5.88 Å². The number of hydrogen-bond donors (Lipinski definition) is 2. The lowest BCUT2D eigenvalue weighted by Gasteiger charge is -2.23. The number of aromatic nitrogens is 2. The zero-order valence-corrected chi connectivity index (χ0v) is 13.4. The van der Waals surface area contributed by atoms with Crippen LogP contribution in [0.25, 0.3) is 0 Å². The summed E-state index contributed by atoms with van der Waals surface area (Å²) in [6.45, 7) is 3.75. The fraction of sp³-hybridized carbons (Fsp3) is 0.429. The maximum Gasteiger partial charge on any atom is 0.262 e. The normalized spacial score (nSPS) is 18.2. The van der Waals surface area contributed by atoms with E-state index >= 15 is 0 Å². The molecule has 0 saturated carbocycles. The van der Waals surface area contributed by atoms with Crippen LogP contribution < -0.4 is 10.9 Å². The van der Waals surface area contributed by atoms with E-state index in [4.69, 9.17) is 0 Å². The number of anilines is 1. The monoisotopic (exact) mass is 321 g/mol. The third-order valence-corrected chi connectivity index (χ3v) is 4.17. The van der Waals surface area contributed by atoms with Crippen molar-refractivity contribution >= 4 is 29.5 Å². The molecule has 0 aliphatic carbocycles. The minimum absolute atomic E-state index is 0.0945. The van der Waals surface area contributed by atoms with Gasteiger partial charge >= 0.3 is 0 Å². The molecule has 0 spiro atoms. The molecule has 1 aromatic rings. The van der Waals surface area contributed by atoms with Crippen molar-refractivity contribution in [3.8, 4) is 0 Å². The van der Waals surface area contributed by atoms with Gasteiger partial charge in [0.15, 0.2) is 0 Å². The van der Waals surface area contributed by atoms with Crippen LogP contribution in [0.4, 0.5) is 5.95 Å². The molecule has 8 heteroatoms. The third-order valence-electron chi connectivity index (χ3n) is 3.16. The standard InChI is InChI=1S/C14H19N5O2S/c1-3-5-10(2)13(21)19-9-22-8-11(19)12(20)17-18-14-15-6-4-7-16-14/h4-7,11H,3,8-9H2,1-2H3,(H,17,20)(H,15,16,18)/b10-5+. The fourth-order valence-electron chi connectivity index (χ4n) is 2.04. The second-order valence-electron chi connectivity index (χ2n) is 4.77. The van der Waals surface area contributed by atoms with E-state index in [0.29, 0.717) is 23.2 Å². The zero-order valence-electron chi connectivity index (χ0n) is 12.6. The lowest BCUT2D eigenvalue weighted by Crippen LogP contribution is -2.49. The number of nitrogens with one attached hydrogen (secondary N) is 2. The first kappa shape index (κ1) is 16.3. The molecule has 2 N–H and O–H groups in total. The highest BCUT2D eigenvalue weighted by Crippen LogP contribution is 2.23. The first-order valence-electron chi connectivity index (χ1n) is 7.01. The van der Waals surface area contributed by atoms with Crippen LogP contribution in [0.2, 0.25) is 0 Å². The molecule has 1 aromatic heterocycles. The Morgan fingerprint density at radius 3 is 2.86 bits per heavy atom. The summed E-state index contributed by atoms with van der Waals surface area (Å²) in [6.07, 6.45) is 5.81. The molecule has 2 heterocycles. The van der Waals surface area contributed by atoms with Crippen LogP contribution in [-0.4, -0.2) is 44.4 Å². The summed E-state index contributed by atoms with van der Waals surface area (Å²) < 4.78 is 0. The van der Waals surface area contributed by atoms with Crippen molar-refractivity contribution in [3.63, 3.8) is 0 Å². The van der Waals surface area contributed by atoms with Gasteiger partial charge in [-0.15, -0.1) is 11.8 Å². The lowest BCUT2D eigenvalue weighted by molar-refractivity contribution is -0.135. The molecule has 1 unspecified atom stereocenters. The van der Waals surface area contributed by atoms with Crippen LogP contribution in [-0.2, 0) is 9.59 Å². The number of allylic oxidation sites excluding steroid dienone is 1. The Hall–Kier alpha value is -2.09. The Morgan fingerprint density at radius 2 is 2.18 bits per heavy atom. The number of carbonyl (C=O) groups is 2. The highest BCUT2D eigenvalue weighted by atomic mass is 32.2. The van der Waals surface area contributed by atoms with Gasteiger partial charge in [-0.05, 0) is 19.4 Å². The molecule has 1 aliphatic heterocycles. The fourth-order valence-corrected chi connectivity index (χ4v) is 3.20. The highest BCUT2D eigenvalue weighted by molar-refractivity contribution is 7.99. The molecule has 0 aromatic carbocycles. The Balaban J connectivity index is 1.96. The Kier molecular flexibility index (Phi) is 5.76. The van der Waals surface area contributed by atoms with Gasteiger partial charge in [0.1, 0.15) is 6.04 Å². The average molecular weight is 321 g/mol. The van der Waals surface area contributed by atoms with E-state index < -0.39 is 6.04 Å². The van der Waals surface area contributed by atoms with Gasteiger partial charge in [0.25, 0.3) is 11.8 Å². The molecule has 1 aliphatic rings. The van der Waals surface area contributed by atoms with Gasteiger partial charge in [-0.25, -0.2) is 9.97 Å². The molecule has 7 nitrogen and oxygen atoms in total. The predicted octanol–water partition coefficient (Wildman–Crippen LogP) is 1.18. The summed E-state index contributed by atoms with van der Waals surface area (Å²) >= 11 is 1.56. The van der Waals surface area contributed by atoms with Gasteiger partial charge in [-0.3, -0.25) is 20.4 Å². The summed E-state index contributed by atoms with van der Waals surface area (Å²) in [6, 6.07) is 1.19. The number of hydrogen-bond acceptors (Lipinski definition) is 6. The third kappa shape index (κ3) is 3.97. The maximum absolute atomic E-state index is 12.3. The second kappa shape index (κ2) is 7.79. The number of hydrazine groups is 1. The molecule has 0 radical (unpaired) electrons. The summed E-state index contributed by atoms with van der Waals surface area (Å²) in [5.74, 6) is 1.04. The Bertz CT molecular complexity index is 564. The minimum atomic E-state index is -0.492. The van der Waals surface area contributed by atoms with Crippen LogP contribution in [0.3, 0.4) is 0 Å². The minimum Gasteiger partial charge on any atom is -0.317 e. The van der Waals surface area contributed by atoms with Crippen molar-refractivity contribution in [1.82, 2.24) is 20.3 Å². The van der Waals surface area contributed by atoms with Gasteiger partial charge in [0.2, 0.25) is 5.95 Å². The summed E-state index contributed by atoms with van der Waals surface area (Å²) in [7, 11) is 0. The molecule has 0 bridgehead atoms. The van der Waals surface area contributed by atoms with E-state index in [9.17, 15) is 9.59 Å². The molecule has 2 amide bonds. The zero-order chi connectivity index (χ0) is 15.9. The van der Waals surface area contributed by atoms with Crippen LogP contribution in [0.5, 0.6) is 0 Å². The van der Waals surface area contributed by atoms with Gasteiger partial charge in [0, 0.05) is 23.7 Å². The molecular formula is C14H19N5O2S. The number of rotatable bonds is 5. The summed E-state index contributed by atoms with van der Waals surface area (Å²) in [5.41, 5.74) is 5.88. The number of amides is 2. The van der Waals surface area contributed by atoms with E-state index in [1.807, 2.05) is 13.0 Å². The molecular weight excluding hydrogens is 302 g/mol. The number of carbonyl (C=O) groups excluding carboxylic acids is 2. The predicted molar refractivity (Wildman–Crippen MR) is 85.8 cm³/mol. The first-order chi connectivity index (χ1) is 10.6. The van der Waals surface area contributed by atoms with Crippen LogP contribution in [0.1, 0.15) is 20.3 Å². The Morgan fingerprint density at radius 1 is 1.45 bits per heavy atom. The Labute approximate surface area is 133 Å². The van der Waals surface area contributed by atoms with Crippen LogP contribution in [0, 0.1) is 0 Å². The van der Waals surface area contributed by atoms with E-state index in [0.717, 1.165) is 6.42 Å². The van der Waals surface area contributed by atoms with Crippen molar-refractivity contribution in [2.45, 2.75) is 26.3 Å². The van der Waals surface area contributed by atoms with Crippen LogP contribution >= 0.6 is 11.8 Å². The largest absolute Gasteiger partial charge is 0.317 e. The van der Waals surface area contributed by atoms with Crippen molar-refractivity contribution in [3.05, 3.63) is 30.1 Å². The van der Waals surface area contributed by atoms with E-state index in [1.54, 1.807) is 42.0 Å². The molecule has 118 valence electrons. The maximum atomic E-state index is 12.3. The summed E-state index contributed by atoms with van der Waals surface area (Å²) in [5, 5.41) is 0. The molecule has 1 saturated heterocycles. The van der Waals surface area contributed by atoms with Gasteiger partial charge in [-0.2, -0.15) is 0 Å². The quantitative estimate of drug-likeness (QED) is 0.625. The molecule has 1 atom stereocenters. The van der Waals surface area contributed by atoms with Gasteiger partial charge < -0.3 is 4.90 Å². The van der Waals surface area contributed by atoms with Crippen LogP contribution in [0.15, 0.2) is 30.1 Å². The number of nitrogens with zero attached hydrogens (tertiary/aromatic N) is 3. The smallest absolute Gasteiger partial charge is 0.262 e. The molecule has 1 fully saturated rings. The highest BCUT2D eigenvalue weighted by Gasteiger charge is 2.35. The van der Waals surface area contributed by atoms with E-state index in [-0.39, 0.29) is 11.8 Å². The van der Waals surface area contributed by atoms with Crippen molar-refractivity contribution in [1.29, 1.82) is 0 Å². The van der Waals surface area contributed by atoms with Crippen molar-refractivity contribution in [2.24, 2.45) is 0 Å². The van der Waals surface area contributed by atoms with E-state index in [2.05, 4.69) is 20.8 Å².